The summed E-state index contributed by atoms with van der Waals surface area (Å²) in [5, 5.41) is 0. The molecular weight excluding hydrogens is 184 g/mol. The van der Waals surface area contributed by atoms with Gasteiger partial charge in [-0.15, -0.1) is 0 Å². The lowest BCUT2D eigenvalue weighted by atomic mass is 10.2. The number of ether oxygens (including phenoxy) is 1. The molecule has 0 aromatic heterocycles. The van der Waals surface area contributed by atoms with Crippen molar-refractivity contribution >= 4 is 11.6 Å². The van der Waals surface area contributed by atoms with Crippen molar-refractivity contribution in [3.05, 3.63) is 0 Å². The van der Waals surface area contributed by atoms with Gasteiger partial charge >= 0.3 is 0 Å². The first-order valence-electron chi connectivity index (χ1n) is 5.44. The predicted molar refractivity (Wildman–Crippen MR) is 59.2 cm³/mol. The van der Waals surface area contributed by atoms with Gasteiger partial charge in [0.25, 0.3) is 0 Å². The normalized spacial score (nSPS) is 13.6. The molecule has 0 saturated carbocycles. The van der Waals surface area contributed by atoms with E-state index < -0.39 is 0 Å². The molecule has 0 aromatic rings. The molecule has 80 valence electrons. The van der Waals surface area contributed by atoms with Gasteiger partial charge in [0, 0.05) is 6.61 Å². The SMILES string of the molecule is CCCCCCCOC(Cl)C(C)C. The van der Waals surface area contributed by atoms with Crippen molar-refractivity contribution in [2.75, 3.05) is 6.61 Å². The fraction of sp³-hybridized carbons (Fsp3) is 1.00. The summed E-state index contributed by atoms with van der Waals surface area (Å²) in [5.41, 5.74) is -0.105. The highest BCUT2D eigenvalue weighted by Crippen LogP contribution is 2.12. The Morgan fingerprint density at radius 1 is 1.08 bits per heavy atom. The van der Waals surface area contributed by atoms with Crippen LogP contribution in [0.1, 0.15) is 52.9 Å². The average molecular weight is 207 g/mol. The van der Waals surface area contributed by atoms with Crippen LogP contribution in [0.2, 0.25) is 0 Å². The van der Waals surface area contributed by atoms with Crippen molar-refractivity contribution in [1.82, 2.24) is 0 Å². The molecule has 0 heterocycles. The first-order chi connectivity index (χ1) is 6.18. The van der Waals surface area contributed by atoms with E-state index in [-0.39, 0.29) is 5.56 Å². The fourth-order valence-corrected chi connectivity index (χ4v) is 1.18. The number of alkyl halides is 1. The van der Waals surface area contributed by atoms with E-state index in [9.17, 15) is 0 Å². The highest BCUT2D eigenvalue weighted by Gasteiger charge is 2.08. The van der Waals surface area contributed by atoms with E-state index in [0.717, 1.165) is 13.0 Å². The van der Waals surface area contributed by atoms with Crippen LogP contribution in [-0.2, 0) is 4.74 Å². The van der Waals surface area contributed by atoms with Crippen molar-refractivity contribution in [3.8, 4) is 0 Å². The third-order valence-electron chi connectivity index (χ3n) is 2.05. The number of halogens is 1. The van der Waals surface area contributed by atoms with E-state index in [1.165, 1.54) is 25.7 Å². The van der Waals surface area contributed by atoms with E-state index in [4.69, 9.17) is 16.3 Å². The number of hydrogen-bond donors (Lipinski definition) is 0. The minimum absolute atomic E-state index is 0.105. The molecule has 0 fully saturated rings. The predicted octanol–water partition coefficient (Wildman–Crippen LogP) is 4.19. The first-order valence-corrected chi connectivity index (χ1v) is 5.87. The Balaban J connectivity index is 3.07. The van der Waals surface area contributed by atoms with E-state index in [2.05, 4.69) is 20.8 Å². The molecule has 1 atom stereocenters. The molecule has 0 amide bonds. The van der Waals surface area contributed by atoms with Crippen LogP contribution in [0.15, 0.2) is 0 Å². The van der Waals surface area contributed by atoms with Crippen molar-refractivity contribution in [2.24, 2.45) is 5.92 Å². The van der Waals surface area contributed by atoms with Gasteiger partial charge in [0.05, 0.1) is 0 Å². The summed E-state index contributed by atoms with van der Waals surface area (Å²) in [7, 11) is 0. The molecule has 0 N–H and O–H groups in total. The van der Waals surface area contributed by atoms with E-state index in [1.54, 1.807) is 0 Å². The Morgan fingerprint density at radius 2 is 1.69 bits per heavy atom. The smallest absolute Gasteiger partial charge is 0.133 e. The topological polar surface area (TPSA) is 9.23 Å². The van der Waals surface area contributed by atoms with E-state index >= 15 is 0 Å². The molecule has 0 saturated heterocycles. The third kappa shape index (κ3) is 8.58. The molecule has 0 spiro atoms. The van der Waals surface area contributed by atoms with Gasteiger partial charge in [-0.1, -0.05) is 58.1 Å². The molecule has 0 bridgehead atoms. The second kappa shape index (κ2) is 8.83. The molecule has 0 aliphatic carbocycles. The molecule has 0 aliphatic heterocycles. The zero-order valence-electron chi connectivity index (χ0n) is 9.18. The Labute approximate surface area is 87.8 Å². The molecule has 1 nitrogen and oxygen atoms in total. The maximum Gasteiger partial charge on any atom is 0.133 e. The van der Waals surface area contributed by atoms with Crippen molar-refractivity contribution in [2.45, 2.75) is 58.4 Å². The summed E-state index contributed by atoms with van der Waals surface area (Å²) in [5.74, 6) is 0.414. The van der Waals surface area contributed by atoms with Gasteiger partial charge < -0.3 is 4.74 Å². The van der Waals surface area contributed by atoms with Crippen LogP contribution in [0, 0.1) is 5.92 Å². The lowest BCUT2D eigenvalue weighted by Crippen LogP contribution is -2.13. The number of unbranched alkanes of at least 4 members (excludes halogenated alkanes) is 4. The largest absolute Gasteiger partial charge is 0.362 e. The number of rotatable bonds is 8. The number of hydrogen-bond acceptors (Lipinski definition) is 1. The van der Waals surface area contributed by atoms with Crippen LogP contribution in [0.3, 0.4) is 0 Å². The van der Waals surface area contributed by atoms with Crippen LogP contribution in [0.25, 0.3) is 0 Å². The van der Waals surface area contributed by atoms with Gasteiger partial charge in [0.2, 0.25) is 0 Å². The van der Waals surface area contributed by atoms with Crippen LogP contribution in [0.5, 0.6) is 0 Å². The maximum absolute atomic E-state index is 5.93. The van der Waals surface area contributed by atoms with Crippen molar-refractivity contribution in [1.29, 1.82) is 0 Å². The van der Waals surface area contributed by atoms with Gasteiger partial charge in [-0.3, -0.25) is 0 Å². The third-order valence-corrected chi connectivity index (χ3v) is 2.68. The molecule has 0 aromatic carbocycles. The summed E-state index contributed by atoms with van der Waals surface area (Å²) >= 11 is 5.93. The monoisotopic (exact) mass is 206 g/mol. The summed E-state index contributed by atoms with van der Waals surface area (Å²) in [6.07, 6.45) is 6.39. The Bertz CT molecular complexity index is 104. The highest BCUT2D eigenvalue weighted by atomic mass is 35.5. The molecule has 0 aliphatic rings. The summed E-state index contributed by atoms with van der Waals surface area (Å²) < 4.78 is 5.45. The molecule has 1 unspecified atom stereocenters. The standard InChI is InChI=1S/C11H23ClO/c1-4-5-6-7-8-9-13-11(12)10(2)3/h10-11H,4-9H2,1-3H3. The Morgan fingerprint density at radius 3 is 2.23 bits per heavy atom. The van der Waals surface area contributed by atoms with Gasteiger partial charge in [-0.25, -0.2) is 0 Å². The van der Waals surface area contributed by atoms with Crippen LogP contribution >= 0.6 is 11.6 Å². The molecule has 0 rings (SSSR count). The highest BCUT2D eigenvalue weighted by molar-refractivity contribution is 6.19. The van der Waals surface area contributed by atoms with Crippen LogP contribution in [0.4, 0.5) is 0 Å². The first kappa shape index (κ1) is 13.2. The molecule has 0 radical (unpaired) electrons. The fourth-order valence-electron chi connectivity index (χ4n) is 1.09. The van der Waals surface area contributed by atoms with Gasteiger partial charge in [0.1, 0.15) is 5.56 Å². The van der Waals surface area contributed by atoms with Crippen molar-refractivity contribution in [3.63, 3.8) is 0 Å². The van der Waals surface area contributed by atoms with E-state index in [1.807, 2.05) is 0 Å². The minimum atomic E-state index is -0.105. The maximum atomic E-state index is 5.93. The van der Waals surface area contributed by atoms with Crippen molar-refractivity contribution < 1.29 is 4.74 Å². The Hall–Kier alpha value is 0.250. The van der Waals surface area contributed by atoms with Gasteiger partial charge in [0.15, 0.2) is 0 Å². The van der Waals surface area contributed by atoms with Gasteiger partial charge in [-0.05, 0) is 12.3 Å². The minimum Gasteiger partial charge on any atom is -0.362 e. The Kier molecular flexibility index (Phi) is 9.00. The summed E-state index contributed by atoms with van der Waals surface area (Å²) in [6.45, 7) is 7.20. The molecular formula is C11H23ClO. The van der Waals surface area contributed by atoms with Gasteiger partial charge in [-0.2, -0.15) is 0 Å². The second-order valence-electron chi connectivity index (χ2n) is 3.88. The lowest BCUT2D eigenvalue weighted by Gasteiger charge is -2.13. The summed E-state index contributed by atoms with van der Waals surface area (Å²) in [4.78, 5) is 0. The molecule has 2 heteroatoms. The second-order valence-corrected chi connectivity index (χ2v) is 4.31. The quantitative estimate of drug-likeness (QED) is 0.428. The molecule has 13 heavy (non-hydrogen) atoms. The van der Waals surface area contributed by atoms with Crippen LogP contribution < -0.4 is 0 Å². The average Bonchev–Trinajstić information content (AvgIpc) is 2.10. The summed E-state index contributed by atoms with van der Waals surface area (Å²) in [6, 6.07) is 0. The lowest BCUT2D eigenvalue weighted by molar-refractivity contribution is 0.0754. The zero-order chi connectivity index (χ0) is 10.1. The van der Waals surface area contributed by atoms with E-state index in [0.29, 0.717) is 5.92 Å². The van der Waals surface area contributed by atoms with Crippen LogP contribution in [-0.4, -0.2) is 12.2 Å². The zero-order valence-corrected chi connectivity index (χ0v) is 9.94.